The molecular formula is C27H28N4O5. The minimum atomic E-state index is -0.559. The van der Waals surface area contributed by atoms with E-state index in [0.29, 0.717) is 38.7 Å². The van der Waals surface area contributed by atoms with Crippen molar-refractivity contribution >= 4 is 22.6 Å². The fourth-order valence-corrected chi connectivity index (χ4v) is 5.14. The molecule has 186 valence electrons. The Morgan fingerprint density at radius 1 is 1.31 bits per heavy atom. The van der Waals surface area contributed by atoms with Crippen LogP contribution in [0.25, 0.3) is 22.2 Å². The number of ether oxygens (including phenoxy) is 3. The van der Waals surface area contributed by atoms with Crippen LogP contribution in [0.5, 0.6) is 5.75 Å². The number of rotatable bonds is 6. The minimum Gasteiger partial charge on any atom is -0.493 e. The molecule has 1 spiro atoms. The molecule has 0 bridgehead atoms. The number of fused-ring (bicyclic) bond motifs is 3. The number of carbonyl (C=O) groups excluding carboxylic acids is 1. The lowest BCUT2D eigenvalue weighted by Gasteiger charge is -2.34. The van der Waals surface area contributed by atoms with Crippen molar-refractivity contribution < 1.29 is 23.4 Å². The molecule has 2 aliphatic rings. The molecule has 9 nitrogen and oxygen atoms in total. The van der Waals surface area contributed by atoms with Crippen molar-refractivity contribution in [2.24, 2.45) is 7.05 Å². The SMILES string of the molecule is CC(=O)Nc1cc2c(-c3cc(OCCc4ccco4)c4c(n3)C3(CCOC3)OCC4)cn(C)c2cn1. The van der Waals surface area contributed by atoms with Gasteiger partial charge in [0.1, 0.15) is 22.9 Å². The van der Waals surface area contributed by atoms with E-state index >= 15 is 0 Å². The zero-order chi connectivity index (χ0) is 24.7. The van der Waals surface area contributed by atoms with Crippen LogP contribution in [0.4, 0.5) is 5.82 Å². The summed E-state index contributed by atoms with van der Waals surface area (Å²) in [6, 6.07) is 7.73. The van der Waals surface area contributed by atoms with Crippen molar-refractivity contribution in [1.82, 2.24) is 14.5 Å². The minimum absolute atomic E-state index is 0.168. The van der Waals surface area contributed by atoms with Gasteiger partial charge in [-0.25, -0.2) is 9.97 Å². The number of hydrogen-bond acceptors (Lipinski definition) is 7. The van der Waals surface area contributed by atoms with Gasteiger partial charge in [-0.05, 0) is 18.2 Å². The number of anilines is 1. The maximum atomic E-state index is 11.6. The second kappa shape index (κ2) is 9.07. The van der Waals surface area contributed by atoms with E-state index in [1.54, 1.807) is 12.5 Å². The van der Waals surface area contributed by atoms with E-state index < -0.39 is 5.60 Å². The number of aryl methyl sites for hydroxylation is 1. The number of pyridine rings is 2. The van der Waals surface area contributed by atoms with E-state index in [1.807, 2.05) is 42.1 Å². The standard InChI is InChI=1S/C27H28N4O5/c1-17(32)29-25-12-20-21(15-31(2)23(20)14-28-25)22-13-24(35-9-5-18-4-3-8-34-18)19-6-10-36-27(26(19)30-22)7-11-33-16-27/h3-4,8,12-15H,5-7,9-11,16H2,1-2H3,(H,28,29,32). The number of amides is 1. The van der Waals surface area contributed by atoms with Gasteiger partial charge < -0.3 is 28.5 Å². The zero-order valence-electron chi connectivity index (χ0n) is 20.4. The van der Waals surface area contributed by atoms with Crippen LogP contribution in [0.2, 0.25) is 0 Å². The summed E-state index contributed by atoms with van der Waals surface area (Å²) in [6.45, 7) is 3.68. The summed E-state index contributed by atoms with van der Waals surface area (Å²) in [5.74, 6) is 2.02. The van der Waals surface area contributed by atoms with Gasteiger partial charge in [0.2, 0.25) is 5.91 Å². The number of aromatic nitrogens is 3. The molecule has 6 rings (SSSR count). The van der Waals surface area contributed by atoms with Crippen molar-refractivity contribution in [2.45, 2.75) is 31.8 Å². The van der Waals surface area contributed by atoms with E-state index in [2.05, 4.69) is 10.3 Å². The van der Waals surface area contributed by atoms with Gasteiger partial charge in [0, 0.05) is 68.6 Å². The molecule has 6 heterocycles. The Bertz CT molecular complexity index is 1420. The maximum Gasteiger partial charge on any atom is 0.222 e. The summed E-state index contributed by atoms with van der Waals surface area (Å²) in [6.07, 6.45) is 7.63. The summed E-state index contributed by atoms with van der Waals surface area (Å²) < 4.78 is 25.9. The van der Waals surface area contributed by atoms with Crippen LogP contribution in [-0.2, 0) is 39.8 Å². The molecule has 0 saturated carbocycles. The lowest BCUT2D eigenvalue weighted by Crippen LogP contribution is -2.37. The zero-order valence-corrected chi connectivity index (χ0v) is 20.4. The number of nitrogens with zero attached hydrogens (tertiary/aromatic N) is 3. The van der Waals surface area contributed by atoms with Crippen molar-refractivity contribution in [2.75, 3.05) is 31.7 Å². The normalized spacial score (nSPS) is 19.1. The predicted octanol–water partition coefficient (Wildman–Crippen LogP) is 4.00. The van der Waals surface area contributed by atoms with Gasteiger partial charge in [-0.15, -0.1) is 0 Å². The van der Waals surface area contributed by atoms with E-state index in [-0.39, 0.29) is 5.91 Å². The van der Waals surface area contributed by atoms with Crippen molar-refractivity contribution in [1.29, 1.82) is 0 Å². The number of hydrogen-bond donors (Lipinski definition) is 1. The molecule has 4 aromatic heterocycles. The lowest BCUT2D eigenvalue weighted by atomic mass is 9.89. The molecular weight excluding hydrogens is 460 g/mol. The van der Waals surface area contributed by atoms with Crippen LogP contribution >= 0.6 is 0 Å². The molecule has 4 aromatic rings. The van der Waals surface area contributed by atoms with Crippen LogP contribution in [0, 0.1) is 0 Å². The van der Waals surface area contributed by atoms with Crippen LogP contribution in [0.3, 0.4) is 0 Å². The maximum absolute atomic E-state index is 11.6. The topological polar surface area (TPSA) is 101 Å². The first-order valence-corrected chi connectivity index (χ1v) is 12.2. The summed E-state index contributed by atoms with van der Waals surface area (Å²) in [5.41, 5.74) is 4.06. The van der Waals surface area contributed by atoms with Crippen LogP contribution in [-0.4, -0.2) is 46.9 Å². The van der Waals surface area contributed by atoms with Gasteiger partial charge in [-0.3, -0.25) is 4.79 Å². The highest BCUT2D eigenvalue weighted by Gasteiger charge is 2.44. The molecule has 1 atom stereocenters. The van der Waals surface area contributed by atoms with Crippen molar-refractivity contribution in [3.8, 4) is 17.0 Å². The summed E-state index contributed by atoms with van der Waals surface area (Å²) in [5, 5.41) is 3.72. The summed E-state index contributed by atoms with van der Waals surface area (Å²) >= 11 is 0. The molecule has 0 radical (unpaired) electrons. The third kappa shape index (κ3) is 4.04. The summed E-state index contributed by atoms with van der Waals surface area (Å²) in [7, 11) is 1.97. The highest BCUT2D eigenvalue weighted by atomic mass is 16.6. The fraction of sp³-hybridized carbons (Fsp3) is 0.370. The van der Waals surface area contributed by atoms with Gasteiger partial charge in [0.05, 0.1) is 49.2 Å². The molecule has 36 heavy (non-hydrogen) atoms. The van der Waals surface area contributed by atoms with Gasteiger partial charge in [0.15, 0.2) is 0 Å². The Kier molecular flexibility index (Phi) is 5.73. The second-order valence-corrected chi connectivity index (χ2v) is 9.33. The third-order valence-corrected chi connectivity index (χ3v) is 6.87. The van der Waals surface area contributed by atoms with Gasteiger partial charge >= 0.3 is 0 Å². The highest BCUT2D eigenvalue weighted by molar-refractivity contribution is 5.98. The largest absolute Gasteiger partial charge is 0.493 e. The quantitative estimate of drug-likeness (QED) is 0.438. The number of furan rings is 1. The number of carbonyl (C=O) groups is 1. The van der Waals surface area contributed by atoms with E-state index in [9.17, 15) is 4.79 Å². The predicted molar refractivity (Wildman–Crippen MR) is 133 cm³/mol. The fourth-order valence-electron chi connectivity index (χ4n) is 5.14. The average molecular weight is 489 g/mol. The Balaban J connectivity index is 1.46. The molecule has 1 unspecified atom stereocenters. The Morgan fingerprint density at radius 2 is 2.22 bits per heavy atom. The molecule has 1 fully saturated rings. The molecule has 1 N–H and O–H groups in total. The van der Waals surface area contributed by atoms with Crippen LogP contribution in [0.1, 0.15) is 30.4 Å². The van der Waals surface area contributed by atoms with Crippen LogP contribution < -0.4 is 10.1 Å². The molecule has 1 amide bonds. The Morgan fingerprint density at radius 3 is 3.00 bits per heavy atom. The van der Waals surface area contributed by atoms with E-state index in [4.69, 9.17) is 23.6 Å². The van der Waals surface area contributed by atoms with E-state index in [0.717, 1.165) is 57.8 Å². The van der Waals surface area contributed by atoms with Gasteiger partial charge in [-0.1, -0.05) is 0 Å². The molecule has 0 aliphatic carbocycles. The van der Waals surface area contributed by atoms with Gasteiger partial charge in [-0.2, -0.15) is 0 Å². The third-order valence-electron chi connectivity index (χ3n) is 6.87. The first-order chi connectivity index (χ1) is 17.5. The first kappa shape index (κ1) is 22.8. The monoisotopic (exact) mass is 488 g/mol. The highest BCUT2D eigenvalue weighted by Crippen LogP contribution is 2.44. The smallest absolute Gasteiger partial charge is 0.222 e. The molecule has 1 saturated heterocycles. The first-order valence-electron chi connectivity index (χ1n) is 12.2. The van der Waals surface area contributed by atoms with E-state index in [1.165, 1.54) is 6.92 Å². The molecule has 9 heteroatoms. The second-order valence-electron chi connectivity index (χ2n) is 9.33. The summed E-state index contributed by atoms with van der Waals surface area (Å²) in [4.78, 5) is 21.2. The van der Waals surface area contributed by atoms with Crippen LogP contribution in [0.15, 0.2) is 47.3 Å². The lowest BCUT2D eigenvalue weighted by molar-refractivity contribution is -0.114. The van der Waals surface area contributed by atoms with Crippen molar-refractivity contribution in [3.05, 3.63) is 59.9 Å². The number of nitrogens with one attached hydrogen (secondary N) is 1. The van der Waals surface area contributed by atoms with Gasteiger partial charge in [0.25, 0.3) is 0 Å². The Labute approximate surface area is 208 Å². The Hall–Kier alpha value is -3.69. The molecule has 0 aromatic carbocycles. The average Bonchev–Trinajstić information content (AvgIpc) is 3.61. The van der Waals surface area contributed by atoms with Crippen molar-refractivity contribution in [3.63, 3.8) is 0 Å². The molecule has 2 aliphatic heterocycles.